The number of amides is 2. The highest BCUT2D eigenvalue weighted by Crippen LogP contribution is 2.16. The first-order chi connectivity index (χ1) is 10.2. The van der Waals surface area contributed by atoms with E-state index >= 15 is 0 Å². The van der Waals surface area contributed by atoms with Crippen molar-refractivity contribution >= 4 is 17.5 Å². The Balaban J connectivity index is 1.77. The van der Waals surface area contributed by atoms with Crippen molar-refractivity contribution in [1.29, 1.82) is 0 Å². The molecule has 2 N–H and O–H groups in total. The van der Waals surface area contributed by atoms with E-state index in [1.165, 1.54) is 17.3 Å². The van der Waals surface area contributed by atoms with Gasteiger partial charge in [0.05, 0.1) is 5.69 Å². The van der Waals surface area contributed by atoms with E-state index in [4.69, 9.17) is 0 Å². The quantitative estimate of drug-likeness (QED) is 0.748. The van der Waals surface area contributed by atoms with Crippen molar-refractivity contribution in [2.75, 3.05) is 10.6 Å². The number of carbonyl (C=O) groups is 1. The Labute approximate surface area is 119 Å². The number of rotatable bonds is 3. The van der Waals surface area contributed by atoms with E-state index in [0.717, 1.165) is 0 Å². The maximum atomic E-state index is 12.0. The Kier molecular flexibility index (Phi) is 3.29. The maximum Gasteiger partial charge on any atom is 0.325 e. The maximum absolute atomic E-state index is 12.0. The molecule has 0 fully saturated rings. The minimum absolute atomic E-state index is 0.414. The van der Waals surface area contributed by atoms with Gasteiger partial charge in [-0.15, -0.1) is 0 Å². The molecule has 3 rings (SSSR count). The van der Waals surface area contributed by atoms with Crippen LogP contribution < -0.4 is 10.6 Å². The van der Waals surface area contributed by atoms with E-state index in [1.54, 1.807) is 42.3 Å². The molecular formula is C12H12N8O. The molecule has 0 saturated heterocycles. The predicted molar refractivity (Wildman–Crippen MR) is 75.0 cm³/mol. The van der Waals surface area contributed by atoms with E-state index in [-0.39, 0.29) is 0 Å². The average molecular weight is 284 g/mol. The van der Waals surface area contributed by atoms with Gasteiger partial charge in [-0.3, -0.25) is 10.00 Å². The number of carbonyl (C=O) groups excluding carboxylic acids is 1. The largest absolute Gasteiger partial charge is 0.325 e. The molecule has 0 atom stereocenters. The average Bonchev–Trinajstić information content (AvgIpc) is 3.11. The minimum Gasteiger partial charge on any atom is -0.304 e. The van der Waals surface area contributed by atoms with Crippen LogP contribution in [0.2, 0.25) is 0 Å². The Morgan fingerprint density at radius 1 is 1.29 bits per heavy atom. The lowest BCUT2D eigenvalue weighted by Gasteiger charge is -2.09. The van der Waals surface area contributed by atoms with E-state index < -0.39 is 6.03 Å². The number of anilines is 2. The second-order valence-electron chi connectivity index (χ2n) is 4.17. The predicted octanol–water partition coefficient (Wildman–Crippen LogP) is 1.04. The van der Waals surface area contributed by atoms with Crippen molar-refractivity contribution in [2.24, 2.45) is 7.05 Å². The fourth-order valence-corrected chi connectivity index (χ4v) is 1.75. The number of nitrogens with zero attached hydrogens (tertiary/aromatic N) is 6. The fourth-order valence-electron chi connectivity index (χ4n) is 1.75. The van der Waals surface area contributed by atoms with Gasteiger partial charge in [0, 0.05) is 25.5 Å². The van der Waals surface area contributed by atoms with Crippen molar-refractivity contribution in [3.63, 3.8) is 0 Å². The Morgan fingerprint density at radius 2 is 2.19 bits per heavy atom. The Morgan fingerprint density at radius 3 is 2.90 bits per heavy atom. The number of aromatic nitrogens is 6. The third kappa shape index (κ3) is 2.86. The zero-order valence-electron chi connectivity index (χ0n) is 11.1. The molecule has 3 heterocycles. The lowest BCUT2D eigenvalue weighted by molar-refractivity contribution is 0.262. The third-order valence-corrected chi connectivity index (χ3v) is 2.63. The molecule has 0 spiro atoms. The monoisotopic (exact) mass is 284 g/mol. The minimum atomic E-state index is -0.414. The van der Waals surface area contributed by atoms with E-state index in [1.807, 2.05) is 0 Å². The SMILES string of the molecule is Cn1ccc(NC(=O)Nc2cccnc2-n2cncn2)n1. The highest BCUT2D eigenvalue weighted by Gasteiger charge is 2.10. The molecular weight excluding hydrogens is 272 g/mol. The van der Waals surface area contributed by atoms with Crippen LogP contribution in [0.25, 0.3) is 5.82 Å². The molecule has 0 aromatic carbocycles. The molecule has 106 valence electrons. The summed E-state index contributed by atoms with van der Waals surface area (Å²) in [6, 6.07) is 4.73. The summed E-state index contributed by atoms with van der Waals surface area (Å²) < 4.78 is 3.07. The van der Waals surface area contributed by atoms with Crippen LogP contribution in [0.4, 0.5) is 16.3 Å². The van der Waals surface area contributed by atoms with Crippen LogP contribution in [-0.2, 0) is 7.05 Å². The number of hydrogen-bond donors (Lipinski definition) is 2. The normalized spacial score (nSPS) is 10.3. The van der Waals surface area contributed by atoms with Gasteiger partial charge in [0.15, 0.2) is 11.6 Å². The van der Waals surface area contributed by atoms with E-state index in [9.17, 15) is 4.79 Å². The van der Waals surface area contributed by atoms with Gasteiger partial charge >= 0.3 is 6.03 Å². The second kappa shape index (κ2) is 5.41. The lowest BCUT2D eigenvalue weighted by Crippen LogP contribution is -2.21. The molecule has 0 bridgehead atoms. The van der Waals surface area contributed by atoms with E-state index in [0.29, 0.717) is 17.3 Å². The van der Waals surface area contributed by atoms with Crippen molar-refractivity contribution in [2.45, 2.75) is 0 Å². The number of nitrogens with one attached hydrogen (secondary N) is 2. The van der Waals surface area contributed by atoms with Gasteiger partial charge in [0.2, 0.25) is 0 Å². The number of aryl methyl sites for hydroxylation is 1. The molecule has 9 heteroatoms. The summed E-state index contributed by atoms with van der Waals surface area (Å²) >= 11 is 0. The number of urea groups is 1. The van der Waals surface area contributed by atoms with Crippen LogP contribution in [0, 0.1) is 0 Å². The molecule has 0 unspecified atom stereocenters. The summed E-state index contributed by atoms with van der Waals surface area (Å²) in [5.41, 5.74) is 0.511. The third-order valence-electron chi connectivity index (χ3n) is 2.63. The highest BCUT2D eigenvalue weighted by atomic mass is 16.2. The fraction of sp³-hybridized carbons (Fsp3) is 0.0833. The van der Waals surface area contributed by atoms with Gasteiger partial charge in [-0.05, 0) is 12.1 Å². The first-order valence-electron chi connectivity index (χ1n) is 6.10. The summed E-state index contributed by atoms with van der Waals surface area (Å²) in [4.78, 5) is 20.0. The Bertz CT molecular complexity index is 748. The molecule has 0 aliphatic rings. The standard InChI is InChI=1S/C12H12N8O/c1-19-6-4-10(18-19)17-12(21)16-9-3-2-5-14-11(9)20-8-13-7-15-20/h2-8H,1H3,(H2,16,17,18,21). The van der Waals surface area contributed by atoms with Gasteiger partial charge in [-0.1, -0.05) is 0 Å². The zero-order valence-corrected chi connectivity index (χ0v) is 11.1. The van der Waals surface area contributed by atoms with Crippen molar-refractivity contribution in [1.82, 2.24) is 29.5 Å². The molecule has 9 nitrogen and oxygen atoms in total. The zero-order chi connectivity index (χ0) is 14.7. The van der Waals surface area contributed by atoms with Crippen LogP contribution in [0.15, 0.2) is 43.2 Å². The summed E-state index contributed by atoms with van der Waals surface area (Å²) in [5.74, 6) is 0.937. The van der Waals surface area contributed by atoms with Crippen LogP contribution >= 0.6 is 0 Å². The molecule has 0 aliphatic carbocycles. The van der Waals surface area contributed by atoms with Gasteiger partial charge in [-0.2, -0.15) is 10.2 Å². The van der Waals surface area contributed by atoms with Crippen LogP contribution in [0.1, 0.15) is 0 Å². The first kappa shape index (κ1) is 12.8. The molecule has 21 heavy (non-hydrogen) atoms. The molecule has 0 radical (unpaired) electrons. The van der Waals surface area contributed by atoms with Crippen molar-refractivity contribution in [3.05, 3.63) is 43.2 Å². The van der Waals surface area contributed by atoms with Gasteiger partial charge in [-0.25, -0.2) is 19.4 Å². The highest BCUT2D eigenvalue weighted by molar-refractivity contribution is 6.00. The van der Waals surface area contributed by atoms with E-state index in [2.05, 4.69) is 30.8 Å². The summed E-state index contributed by atoms with van der Waals surface area (Å²) in [7, 11) is 1.77. The summed E-state index contributed by atoms with van der Waals surface area (Å²) in [5, 5.41) is 13.4. The second-order valence-corrected chi connectivity index (χ2v) is 4.17. The molecule has 0 saturated carbocycles. The molecule has 3 aromatic heterocycles. The molecule has 2 amide bonds. The van der Waals surface area contributed by atoms with Crippen LogP contribution in [-0.4, -0.2) is 35.6 Å². The summed E-state index contributed by atoms with van der Waals surface area (Å²) in [6.07, 6.45) is 6.25. The molecule has 0 aliphatic heterocycles. The topological polar surface area (TPSA) is 103 Å². The van der Waals surface area contributed by atoms with Gasteiger partial charge in [0.1, 0.15) is 12.7 Å². The van der Waals surface area contributed by atoms with Crippen LogP contribution in [0.3, 0.4) is 0 Å². The van der Waals surface area contributed by atoms with Crippen LogP contribution in [0.5, 0.6) is 0 Å². The molecule has 3 aromatic rings. The first-order valence-corrected chi connectivity index (χ1v) is 6.10. The van der Waals surface area contributed by atoms with Gasteiger partial charge in [0.25, 0.3) is 0 Å². The smallest absolute Gasteiger partial charge is 0.304 e. The lowest BCUT2D eigenvalue weighted by atomic mass is 10.4. The number of hydrogen-bond acceptors (Lipinski definition) is 5. The Hall–Kier alpha value is -3.23. The number of pyridine rings is 1. The van der Waals surface area contributed by atoms with Crippen molar-refractivity contribution in [3.8, 4) is 5.82 Å². The van der Waals surface area contributed by atoms with Crippen molar-refractivity contribution < 1.29 is 4.79 Å². The van der Waals surface area contributed by atoms with Gasteiger partial charge < -0.3 is 5.32 Å². The summed E-state index contributed by atoms with van der Waals surface area (Å²) in [6.45, 7) is 0.